The van der Waals surface area contributed by atoms with Crippen LogP contribution in [0, 0.1) is 29.2 Å². The monoisotopic (exact) mass is 669 g/mol. The third-order valence-electron chi connectivity index (χ3n) is 11.0. The van der Waals surface area contributed by atoms with E-state index in [9.17, 15) is 24.4 Å². The fourth-order valence-corrected chi connectivity index (χ4v) is 8.34. The number of benzene rings is 1. The van der Waals surface area contributed by atoms with Crippen molar-refractivity contribution < 1.29 is 19.2 Å². The Hall–Kier alpha value is -4.59. The number of nitrogens with two attached hydrogens (primary N) is 2. The number of nitrogens with zero attached hydrogens (tertiary/aromatic N) is 9. The topological polar surface area (TPSA) is 192 Å². The molecule has 0 aromatic heterocycles. The van der Waals surface area contributed by atoms with Crippen molar-refractivity contribution in [1.29, 1.82) is 10.5 Å². The van der Waals surface area contributed by atoms with Crippen molar-refractivity contribution in [3.8, 4) is 12.1 Å². The second kappa shape index (κ2) is 14.1. The highest BCUT2D eigenvalue weighted by molar-refractivity contribution is 6.01. The molecule has 8 atom stereocenters. The van der Waals surface area contributed by atoms with Gasteiger partial charge in [-0.3, -0.25) is 29.0 Å². The molecule has 6 fully saturated rings. The minimum atomic E-state index is -0.729. The molecular weight excluding hydrogens is 626 g/mol. The molecule has 0 radical (unpaired) electrons. The maximum Gasteiger partial charge on any atom is 0.244 e. The standard InChI is InChI=1S/C20H22N6O2.C14H21N5O2/c1-23-13-4-6-14(7-5-13)26-16-9-18(20(26)28)24(11-16)12-17(22)19(27)25-8-2-3-15(25)10-21;1-17-10-5-12(14(17)21)18(7-10)8-11(16)13(20)19-4-2-3-9(19)6-15/h4-7,15-18H,2-3,8-9,11-12,22H2;9-12H,2-5,7-8,16H2,1H3/t15-,16?,17-,18-;9-,10?,11-,12-/m00/s1. The highest BCUT2D eigenvalue weighted by atomic mass is 16.2. The first-order chi connectivity index (χ1) is 23.6. The van der Waals surface area contributed by atoms with Crippen LogP contribution >= 0.6 is 0 Å². The lowest BCUT2D eigenvalue weighted by Gasteiger charge is -2.35. The molecule has 1 aromatic carbocycles. The highest BCUT2D eigenvalue weighted by Crippen LogP contribution is 2.36. The van der Waals surface area contributed by atoms with E-state index in [4.69, 9.17) is 23.3 Å². The van der Waals surface area contributed by atoms with Gasteiger partial charge in [-0.05, 0) is 50.7 Å². The van der Waals surface area contributed by atoms with Crippen LogP contribution in [0.5, 0.6) is 0 Å². The lowest BCUT2D eigenvalue weighted by molar-refractivity contribution is -0.138. The Morgan fingerprint density at radius 1 is 0.857 bits per heavy atom. The molecule has 0 spiro atoms. The van der Waals surface area contributed by atoms with E-state index in [2.05, 4.69) is 17.0 Å². The summed E-state index contributed by atoms with van der Waals surface area (Å²) in [6.07, 6.45) is 4.66. The van der Waals surface area contributed by atoms with E-state index in [0.29, 0.717) is 44.8 Å². The normalized spacial score (nSPS) is 30.2. The first-order valence-corrected chi connectivity index (χ1v) is 17.0. The van der Waals surface area contributed by atoms with E-state index in [1.807, 2.05) is 16.8 Å². The minimum absolute atomic E-state index is 0.0162. The van der Waals surface area contributed by atoms with Crippen LogP contribution in [0.2, 0.25) is 0 Å². The van der Waals surface area contributed by atoms with Crippen molar-refractivity contribution in [3.63, 3.8) is 0 Å². The van der Waals surface area contributed by atoms with Crippen LogP contribution < -0.4 is 16.4 Å². The molecular formula is C34H43N11O4. The SMILES string of the molecule is CN1C(=O)[C@@H]2CC1CN2C[C@H](N)C(=O)N1CCC[C@H]1C#N.[C-]#[N+]c1ccc(N2C(=O)[C@@H]3CC2CN3C[C@H](N)C(=O)N2CCC[C@H]2C#N)cc1. The number of piperazine rings is 2. The Morgan fingerprint density at radius 3 is 1.80 bits per heavy atom. The van der Waals surface area contributed by atoms with Crippen LogP contribution in [0.1, 0.15) is 38.5 Å². The average Bonchev–Trinajstić information content (AvgIpc) is 3.97. The summed E-state index contributed by atoms with van der Waals surface area (Å²) in [6.45, 7) is 10.4. The Kier molecular flexibility index (Phi) is 9.87. The Morgan fingerprint density at radius 2 is 1.35 bits per heavy atom. The van der Waals surface area contributed by atoms with E-state index in [1.165, 1.54) is 0 Å². The second-order valence-electron chi connectivity index (χ2n) is 13.9. The maximum atomic E-state index is 12.9. The summed E-state index contributed by atoms with van der Waals surface area (Å²) in [5.41, 5.74) is 13.5. The zero-order chi connectivity index (χ0) is 35.0. The fraction of sp³-hybridized carbons (Fsp3) is 0.618. The number of anilines is 1. The molecule has 6 saturated heterocycles. The van der Waals surface area contributed by atoms with Gasteiger partial charge < -0.3 is 31.1 Å². The molecule has 6 heterocycles. The predicted molar refractivity (Wildman–Crippen MR) is 177 cm³/mol. The number of fused-ring (bicyclic) bond motifs is 4. The van der Waals surface area contributed by atoms with Gasteiger partial charge in [-0.1, -0.05) is 12.1 Å². The number of hydrogen-bond acceptors (Lipinski definition) is 10. The van der Waals surface area contributed by atoms with Gasteiger partial charge in [0.25, 0.3) is 0 Å². The molecule has 6 aliphatic rings. The Balaban J connectivity index is 0.000000177. The molecule has 0 saturated carbocycles. The van der Waals surface area contributed by atoms with Gasteiger partial charge in [-0.25, -0.2) is 4.85 Å². The molecule has 258 valence electrons. The minimum Gasteiger partial charge on any atom is -0.340 e. The van der Waals surface area contributed by atoms with Gasteiger partial charge in [0, 0.05) is 58.0 Å². The van der Waals surface area contributed by atoms with Gasteiger partial charge in [-0.15, -0.1) is 0 Å². The first kappa shape index (κ1) is 34.3. The second-order valence-corrected chi connectivity index (χ2v) is 13.9. The van der Waals surface area contributed by atoms with Gasteiger partial charge in [0.1, 0.15) is 12.1 Å². The molecule has 4 bridgehead atoms. The molecule has 0 aliphatic carbocycles. The number of nitriles is 2. The van der Waals surface area contributed by atoms with E-state index in [-0.39, 0.29) is 59.9 Å². The summed E-state index contributed by atoms with van der Waals surface area (Å²) in [4.78, 5) is 64.0. The smallest absolute Gasteiger partial charge is 0.244 e. The third kappa shape index (κ3) is 6.45. The fourth-order valence-electron chi connectivity index (χ4n) is 8.34. The van der Waals surface area contributed by atoms with Crippen LogP contribution in [-0.2, 0) is 19.2 Å². The largest absolute Gasteiger partial charge is 0.340 e. The number of hydrogen-bond donors (Lipinski definition) is 2. The summed E-state index contributed by atoms with van der Waals surface area (Å²) in [7, 11) is 1.83. The van der Waals surface area contributed by atoms with E-state index in [0.717, 1.165) is 44.3 Å². The van der Waals surface area contributed by atoms with Gasteiger partial charge in [0.05, 0.1) is 48.9 Å². The molecule has 15 nitrogen and oxygen atoms in total. The zero-order valence-corrected chi connectivity index (χ0v) is 27.7. The summed E-state index contributed by atoms with van der Waals surface area (Å²) in [6, 6.07) is 9.18. The number of rotatable bonds is 7. The number of carbonyl (C=O) groups is 4. The van der Waals surface area contributed by atoms with Crippen molar-refractivity contribution in [1.82, 2.24) is 24.5 Å². The molecule has 4 N–H and O–H groups in total. The zero-order valence-electron chi connectivity index (χ0n) is 27.7. The molecule has 7 rings (SSSR count). The van der Waals surface area contributed by atoms with Crippen molar-refractivity contribution >= 4 is 35.0 Å². The van der Waals surface area contributed by atoms with Crippen LogP contribution in [0.25, 0.3) is 4.85 Å². The number of carbonyl (C=O) groups excluding carboxylic acids is 4. The number of amides is 4. The Bertz CT molecular complexity index is 1600. The summed E-state index contributed by atoms with van der Waals surface area (Å²) in [5, 5.41) is 18.2. The molecule has 49 heavy (non-hydrogen) atoms. The predicted octanol–water partition coefficient (Wildman–Crippen LogP) is -0.388. The molecule has 4 amide bonds. The lowest BCUT2D eigenvalue weighted by Crippen LogP contribution is -2.56. The molecule has 2 unspecified atom stereocenters. The summed E-state index contributed by atoms with van der Waals surface area (Å²) < 4.78 is 0. The number of likely N-dealkylation sites (N-methyl/N-ethyl adjacent to an activating group) is 1. The molecule has 6 aliphatic heterocycles. The van der Waals surface area contributed by atoms with Gasteiger partial charge in [-0.2, -0.15) is 10.5 Å². The van der Waals surface area contributed by atoms with Crippen LogP contribution in [0.3, 0.4) is 0 Å². The van der Waals surface area contributed by atoms with Crippen molar-refractivity contribution in [3.05, 3.63) is 35.7 Å². The van der Waals surface area contributed by atoms with E-state index < -0.39 is 12.1 Å². The quantitative estimate of drug-likeness (QED) is 0.362. The van der Waals surface area contributed by atoms with Crippen LogP contribution in [-0.4, -0.2) is 143 Å². The van der Waals surface area contributed by atoms with Gasteiger partial charge in [0.2, 0.25) is 23.6 Å². The third-order valence-corrected chi connectivity index (χ3v) is 11.0. The Labute approximate surface area is 286 Å². The summed E-state index contributed by atoms with van der Waals surface area (Å²) >= 11 is 0. The number of likely N-dealkylation sites (tertiary alicyclic amines) is 5. The van der Waals surface area contributed by atoms with Crippen molar-refractivity contribution in [2.45, 2.75) is 86.9 Å². The summed E-state index contributed by atoms with van der Waals surface area (Å²) in [5.74, 6) is -0.224. The van der Waals surface area contributed by atoms with Crippen LogP contribution in [0.4, 0.5) is 11.4 Å². The van der Waals surface area contributed by atoms with Crippen molar-refractivity contribution in [2.24, 2.45) is 11.5 Å². The average molecular weight is 670 g/mol. The highest BCUT2D eigenvalue weighted by Gasteiger charge is 2.51. The van der Waals surface area contributed by atoms with Gasteiger partial charge in [0.15, 0.2) is 5.69 Å². The van der Waals surface area contributed by atoms with E-state index in [1.54, 1.807) is 43.9 Å². The van der Waals surface area contributed by atoms with Crippen molar-refractivity contribution in [2.75, 3.05) is 51.2 Å². The molecule has 1 aromatic rings. The maximum absolute atomic E-state index is 12.9. The first-order valence-electron chi connectivity index (χ1n) is 17.0. The lowest BCUT2D eigenvalue weighted by atomic mass is 10.1. The van der Waals surface area contributed by atoms with E-state index >= 15 is 0 Å². The van der Waals surface area contributed by atoms with Crippen LogP contribution in [0.15, 0.2) is 24.3 Å². The molecule has 15 heteroatoms. The van der Waals surface area contributed by atoms with Gasteiger partial charge >= 0.3 is 0 Å².